The molecule has 17 heavy (non-hydrogen) atoms. The van der Waals surface area contributed by atoms with Gasteiger partial charge in [-0.25, -0.2) is 0 Å². The molecule has 0 saturated heterocycles. The van der Waals surface area contributed by atoms with Crippen LogP contribution in [0.2, 0.25) is 0 Å². The summed E-state index contributed by atoms with van der Waals surface area (Å²) >= 11 is 0. The van der Waals surface area contributed by atoms with Crippen molar-refractivity contribution in [1.29, 1.82) is 5.26 Å². The van der Waals surface area contributed by atoms with Crippen LogP contribution in [0.1, 0.15) is 38.2 Å². The number of rotatable bonds is 2. The fraction of sp³-hybridized carbons (Fsp3) is 0.571. The predicted octanol–water partition coefficient (Wildman–Crippen LogP) is 2.97. The lowest BCUT2D eigenvalue weighted by atomic mass is 9.86. The Hall–Kier alpha value is -1.56. The molecular weight excluding hydrogens is 210 g/mol. The first-order valence-corrected chi connectivity index (χ1v) is 6.29. The Morgan fingerprint density at radius 2 is 2.06 bits per heavy atom. The third kappa shape index (κ3) is 2.58. The van der Waals surface area contributed by atoms with E-state index < -0.39 is 0 Å². The van der Waals surface area contributed by atoms with Gasteiger partial charge in [-0.2, -0.15) is 5.26 Å². The Morgan fingerprint density at radius 1 is 1.35 bits per heavy atom. The predicted molar refractivity (Wildman–Crippen MR) is 68.8 cm³/mol. The molecule has 0 unspecified atom stereocenters. The largest absolute Gasteiger partial charge is 0.369 e. The van der Waals surface area contributed by atoms with Crippen LogP contribution in [0.25, 0.3) is 0 Å². The van der Waals surface area contributed by atoms with Crippen molar-refractivity contribution in [3.8, 4) is 6.07 Å². The zero-order valence-electron chi connectivity index (χ0n) is 10.6. The zero-order chi connectivity index (χ0) is 12.3. The van der Waals surface area contributed by atoms with Crippen LogP contribution in [0, 0.1) is 17.2 Å². The number of aromatic nitrogens is 1. The molecule has 3 nitrogen and oxygen atoms in total. The number of nitrogens with zero attached hydrogens (tertiary/aromatic N) is 3. The molecule has 0 amide bonds. The van der Waals surface area contributed by atoms with Crippen LogP contribution >= 0.6 is 0 Å². The second-order valence-electron chi connectivity index (χ2n) is 5.03. The van der Waals surface area contributed by atoms with Crippen LogP contribution in [0.15, 0.2) is 18.5 Å². The van der Waals surface area contributed by atoms with Gasteiger partial charge in [0.15, 0.2) is 0 Å². The molecule has 90 valence electrons. The molecule has 0 radical (unpaired) electrons. The summed E-state index contributed by atoms with van der Waals surface area (Å²) < 4.78 is 0. The number of nitriles is 1. The van der Waals surface area contributed by atoms with Gasteiger partial charge in [0, 0.05) is 19.3 Å². The van der Waals surface area contributed by atoms with Gasteiger partial charge in [-0.15, -0.1) is 0 Å². The zero-order valence-corrected chi connectivity index (χ0v) is 10.6. The van der Waals surface area contributed by atoms with E-state index in [1.165, 1.54) is 25.7 Å². The molecule has 1 saturated carbocycles. The lowest BCUT2D eigenvalue weighted by Crippen LogP contribution is -2.35. The molecule has 1 heterocycles. The maximum Gasteiger partial charge on any atom is 0.101 e. The monoisotopic (exact) mass is 229 g/mol. The summed E-state index contributed by atoms with van der Waals surface area (Å²) in [6, 6.07) is 4.59. The molecule has 1 aromatic rings. The first-order chi connectivity index (χ1) is 8.22. The van der Waals surface area contributed by atoms with Gasteiger partial charge >= 0.3 is 0 Å². The van der Waals surface area contributed by atoms with Crippen molar-refractivity contribution in [3.63, 3.8) is 0 Å². The van der Waals surface area contributed by atoms with Gasteiger partial charge in [-0.1, -0.05) is 6.92 Å². The SMILES string of the molecule is CC1CCC(N(C)c2cnccc2C#N)CC1. The van der Waals surface area contributed by atoms with E-state index in [1.807, 2.05) is 0 Å². The summed E-state index contributed by atoms with van der Waals surface area (Å²) in [6.45, 7) is 2.32. The molecular formula is C14H19N3. The van der Waals surface area contributed by atoms with Crippen LogP contribution < -0.4 is 4.90 Å². The van der Waals surface area contributed by atoms with Gasteiger partial charge in [0.25, 0.3) is 0 Å². The minimum atomic E-state index is 0.558. The third-order valence-electron chi connectivity index (χ3n) is 3.83. The third-order valence-corrected chi connectivity index (χ3v) is 3.83. The van der Waals surface area contributed by atoms with Crippen LogP contribution in [0.3, 0.4) is 0 Å². The molecule has 1 aromatic heterocycles. The highest BCUT2D eigenvalue weighted by Crippen LogP contribution is 2.30. The van der Waals surface area contributed by atoms with E-state index in [1.54, 1.807) is 18.5 Å². The molecule has 0 aliphatic heterocycles. The average molecular weight is 229 g/mol. The number of hydrogen-bond donors (Lipinski definition) is 0. The van der Waals surface area contributed by atoms with Crippen LogP contribution in [-0.4, -0.2) is 18.1 Å². The smallest absolute Gasteiger partial charge is 0.101 e. The van der Waals surface area contributed by atoms with Gasteiger partial charge in [-0.3, -0.25) is 4.98 Å². The number of anilines is 1. The highest BCUT2D eigenvalue weighted by molar-refractivity contribution is 5.57. The second kappa shape index (κ2) is 5.18. The average Bonchev–Trinajstić information content (AvgIpc) is 2.39. The summed E-state index contributed by atoms with van der Waals surface area (Å²) in [4.78, 5) is 6.36. The lowest BCUT2D eigenvalue weighted by Gasteiger charge is -2.35. The molecule has 2 rings (SSSR count). The van der Waals surface area contributed by atoms with Gasteiger partial charge in [0.1, 0.15) is 6.07 Å². The molecule has 3 heteroatoms. The first kappa shape index (κ1) is 11.9. The quantitative estimate of drug-likeness (QED) is 0.782. The van der Waals surface area contributed by atoms with Crippen molar-refractivity contribution in [2.75, 3.05) is 11.9 Å². The van der Waals surface area contributed by atoms with E-state index in [0.717, 1.165) is 17.2 Å². The minimum Gasteiger partial charge on any atom is -0.369 e. The standard InChI is InChI=1S/C14H19N3/c1-11-3-5-13(6-4-11)17(2)14-10-16-8-7-12(14)9-15/h7-8,10-11,13H,3-6H2,1-2H3. The van der Waals surface area contributed by atoms with Crippen molar-refractivity contribution >= 4 is 5.69 Å². The lowest BCUT2D eigenvalue weighted by molar-refractivity contribution is 0.340. The Kier molecular flexibility index (Phi) is 3.63. The molecule has 0 N–H and O–H groups in total. The molecule has 0 atom stereocenters. The molecule has 0 spiro atoms. The number of pyridine rings is 1. The van der Waals surface area contributed by atoms with E-state index >= 15 is 0 Å². The molecule has 1 aliphatic carbocycles. The Labute approximate surface area is 103 Å². The first-order valence-electron chi connectivity index (χ1n) is 6.29. The van der Waals surface area contributed by atoms with Gasteiger partial charge in [-0.05, 0) is 37.7 Å². The maximum absolute atomic E-state index is 9.10. The van der Waals surface area contributed by atoms with E-state index in [0.29, 0.717) is 6.04 Å². The molecule has 0 aromatic carbocycles. The van der Waals surface area contributed by atoms with Gasteiger partial charge < -0.3 is 4.90 Å². The highest BCUT2D eigenvalue weighted by atomic mass is 15.1. The van der Waals surface area contributed by atoms with Crippen molar-refractivity contribution in [2.45, 2.75) is 38.6 Å². The Balaban J connectivity index is 2.14. The molecule has 1 aliphatic rings. The fourth-order valence-electron chi connectivity index (χ4n) is 2.59. The molecule has 0 bridgehead atoms. The van der Waals surface area contributed by atoms with Crippen LogP contribution in [0.5, 0.6) is 0 Å². The van der Waals surface area contributed by atoms with E-state index in [-0.39, 0.29) is 0 Å². The van der Waals surface area contributed by atoms with E-state index in [9.17, 15) is 0 Å². The highest BCUT2D eigenvalue weighted by Gasteiger charge is 2.23. The Morgan fingerprint density at radius 3 is 2.71 bits per heavy atom. The minimum absolute atomic E-state index is 0.558. The summed E-state index contributed by atoms with van der Waals surface area (Å²) in [5.41, 5.74) is 1.69. The summed E-state index contributed by atoms with van der Waals surface area (Å²) in [7, 11) is 2.08. The van der Waals surface area contributed by atoms with Gasteiger partial charge in [0.05, 0.1) is 17.4 Å². The van der Waals surface area contributed by atoms with Crippen LogP contribution in [0.4, 0.5) is 5.69 Å². The van der Waals surface area contributed by atoms with E-state index in [2.05, 4.69) is 29.9 Å². The van der Waals surface area contributed by atoms with Gasteiger partial charge in [0.2, 0.25) is 0 Å². The Bertz CT molecular complexity index is 414. The number of hydrogen-bond acceptors (Lipinski definition) is 3. The summed E-state index contributed by atoms with van der Waals surface area (Å²) in [5, 5.41) is 9.10. The van der Waals surface area contributed by atoms with Crippen molar-refractivity contribution < 1.29 is 0 Å². The molecule has 1 fully saturated rings. The van der Waals surface area contributed by atoms with E-state index in [4.69, 9.17) is 5.26 Å². The fourth-order valence-corrected chi connectivity index (χ4v) is 2.59. The van der Waals surface area contributed by atoms with Crippen molar-refractivity contribution in [2.24, 2.45) is 5.92 Å². The second-order valence-corrected chi connectivity index (χ2v) is 5.03. The summed E-state index contributed by atoms with van der Waals surface area (Å²) in [5.74, 6) is 0.851. The topological polar surface area (TPSA) is 39.9 Å². The maximum atomic E-state index is 9.10. The normalized spacial score (nSPS) is 24.1. The van der Waals surface area contributed by atoms with Crippen molar-refractivity contribution in [3.05, 3.63) is 24.0 Å². The van der Waals surface area contributed by atoms with Crippen LogP contribution in [-0.2, 0) is 0 Å². The summed E-state index contributed by atoms with van der Waals surface area (Å²) in [6.07, 6.45) is 8.50. The van der Waals surface area contributed by atoms with Crippen molar-refractivity contribution in [1.82, 2.24) is 4.98 Å².